The van der Waals surface area contributed by atoms with E-state index < -0.39 is 0 Å². The van der Waals surface area contributed by atoms with Crippen molar-refractivity contribution < 1.29 is 0 Å². The summed E-state index contributed by atoms with van der Waals surface area (Å²) in [5, 5.41) is 0. The third-order valence-corrected chi connectivity index (χ3v) is 5.70. The predicted molar refractivity (Wildman–Crippen MR) is 87.0 cm³/mol. The molecule has 0 bridgehead atoms. The smallest absolute Gasteiger partial charge is 0.0344 e. The second-order valence-electron chi connectivity index (χ2n) is 6.99. The molecule has 2 aliphatic heterocycles. The van der Waals surface area contributed by atoms with Gasteiger partial charge in [-0.2, -0.15) is 0 Å². The molecule has 2 unspecified atom stereocenters. The maximum Gasteiger partial charge on any atom is 0.0344 e. The summed E-state index contributed by atoms with van der Waals surface area (Å²) in [5.74, 6) is 0.905. The van der Waals surface area contributed by atoms with Crippen LogP contribution in [0.4, 0.5) is 0 Å². The highest BCUT2D eigenvalue weighted by Gasteiger charge is 2.38. The molecule has 0 aromatic carbocycles. The van der Waals surface area contributed by atoms with E-state index >= 15 is 0 Å². The van der Waals surface area contributed by atoms with Gasteiger partial charge in [-0.15, -0.1) is 0 Å². The van der Waals surface area contributed by atoms with Crippen LogP contribution in [0.25, 0.3) is 0 Å². The molecule has 2 rings (SSSR count). The number of likely N-dealkylation sites (tertiary alicyclic amines) is 2. The summed E-state index contributed by atoms with van der Waals surface area (Å²) in [7, 11) is 0. The molecule has 2 N–H and O–H groups in total. The Morgan fingerprint density at radius 2 is 1.95 bits per heavy atom. The van der Waals surface area contributed by atoms with Gasteiger partial charge in [0, 0.05) is 18.6 Å². The molecular formula is C17H35N3. The van der Waals surface area contributed by atoms with Gasteiger partial charge in [0.2, 0.25) is 0 Å². The summed E-state index contributed by atoms with van der Waals surface area (Å²) in [6, 6.07) is 0. The number of rotatable bonds is 5. The van der Waals surface area contributed by atoms with Crippen LogP contribution in [0.5, 0.6) is 0 Å². The average Bonchev–Trinajstić information content (AvgIpc) is 2.71. The third-order valence-electron chi connectivity index (χ3n) is 5.70. The van der Waals surface area contributed by atoms with E-state index in [2.05, 4.69) is 23.6 Å². The van der Waals surface area contributed by atoms with Crippen molar-refractivity contribution in [2.24, 2.45) is 11.7 Å². The lowest BCUT2D eigenvalue weighted by atomic mass is 9.84. The fourth-order valence-corrected chi connectivity index (χ4v) is 4.25. The maximum atomic E-state index is 6.28. The fourth-order valence-electron chi connectivity index (χ4n) is 4.25. The first kappa shape index (κ1) is 16.3. The van der Waals surface area contributed by atoms with E-state index in [4.69, 9.17) is 5.73 Å². The molecule has 0 amide bonds. The molecule has 0 aromatic heterocycles. The zero-order chi connectivity index (χ0) is 14.4. The minimum atomic E-state index is 0.302. The summed E-state index contributed by atoms with van der Waals surface area (Å²) in [6.07, 6.45) is 9.31. The molecule has 0 aromatic rings. The minimum absolute atomic E-state index is 0.302. The standard InChI is InChI=1S/C17H35N3/c1-3-10-19-11-6-8-17(15-18,9-13-19)20-12-5-7-16(4-2)14-20/h16H,3-15,18H2,1-2H3. The Balaban J connectivity index is 2.01. The van der Waals surface area contributed by atoms with Gasteiger partial charge in [-0.1, -0.05) is 20.3 Å². The van der Waals surface area contributed by atoms with Gasteiger partial charge in [0.25, 0.3) is 0 Å². The van der Waals surface area contributed by atoms with Crippen molar-refractivity contribution in [2.75, 3.05) is 39.3 Å². The normalized spacial score (nSPS) is 34.0. The van der Waals surface area contributed by atoms with Crippen molar-refractivity contribution in [1.29, 1.82) is 0 Å². The van der Waals surface area contributed by atoms with Crippen molar-refractivity contribution >= 4 is 0 Å². The molecule has 2 atom stereocenters. The van der Waals surface area contributed by atoms with Gasteiger partial charge in [0.05, 0.1) is 0 Å². The van der Waals surface area contributed by atoms with E-state index in [1.165, 1.54) is 77.7 Å². The van der Waals surface area contributed by atoms with Crippen LogP contribution in [0.15, 0.2) is 0 Å². The van der Waals surface area contributed by atoms with E-state index in [9.17, 15) is 0 Å². The highest BCUT2D eigenvalue weighted by Crippen LogP contribution is 2.33. The SMILES string of the molecule is CCCN1CCCC(CN)(N2CCCC(CC)C2)CC1. The summed E-state index contributed by atoms with van der Waals surface area (Å²) in [6.45, 7) is 11.8. The average molecular weight is 281 g/mol. The van der Waals surface area contributed by atoms with Crippen molar-refractivity contribution in [3.8, 4) is 0 Å². The Morgan fingerprint density at radius 1 is 1.10 bits per heavy atom. The number of piperidine rings is 1. The van der Waals surface area contributed by atoms with Gasteiger partial charge in [-0.05, 0) is 70.6 Å². The summed E-state index contributed by atoms with van der Waals surface area (Å²) < 4.78 is 0. The van der Waals surface area contributed by atoms with Crippen LogP contribution in [0.1, 0.15) is 58.8 Å². The van der Waals surface area contributed by atoms with Crippen LogP contribution in [0.3, 0.4) is 0 Å². The zero-order valence-corrected chi connectivity index (χ0v) is 13.7. The maximum absolute atomic E-state index is 6.28. The fraction of sp³-hybridized carbons (Fsp3) is 1.00. The van der Waals surface area contributed by atoms with Crippen molar-refractivity contribution in [3.63, 3.8) is 0 Å². The topological polar surface area (TPSA) is 32.5 Å². The molecule has 2 fully saturated rings. The molecule has 0 aliphatic carbocycles. The first-order valence-electron chi connectivity index (χ1n) is 8.91. The monoisotopic (exact) mass is 281 g/mol. The Bertz CT molecular complexity index is 281. The molecule has 2 heterocycles. The van der Waals surface area contributed by atoms with Crippen molar-refractivity contribution in [3.05, 3.63) is 0 Å². The number of nitrogens with zero attached hydrogens (tertiary/aromatic N) is 2. The predicted octanol–water partition coefficient (Wildman–Crippen LogP) is 2.70. The number of nitrogens with two attached hydrogens (primary N) is 1. The number of hydrogen-bond donors (Lipinski definition) is 1. The van der Waals surface area contributed by atoms with Crippen LogP contribution in [-0.4, -0.2) is 54.6 Å². The van der Waals surface area contributed by atoms with Gasteiger partial charge in [0.1, 0.15) is 0 Å². The van der Waals surface area contributed by atoms with Crippen LogP contribution in [0, 0.1) is 5.92 Å². The molecule has 0 spiro atoms. The Hall–Kier alpha value is -0.120. The summed E-state index contributed by atoms with van der Waals surface area (Å²) in [4.78, 5) is 5.43. The van der Waals surface area contributed by atoms with Gasteiger partial charge in [-0.3, -0.25) is 4.90 Å². The molecule has 3 nitrogen and oxygen atoms in total. The molecular weight excluding hydrogens is 246 g/mol. The highest BCUT2D eigenvalue weighted by atomic mass is 15.2. The van der Waals surface area contributed by atoms with E-state index in [0.29, 0.717) is 5.54 Å². The van der Waals surface area contributed by atoms with Gasteiger partial charge in [0.15, 0.2) is 0 Å². The van der Waals surface area contributed by atoms with Gasteiger partial charge >= 0.3 is 0 Å². The third kappa shape index (κ3) is 3.75. The van der Waals surface area contributed by atoms with E-state index in [0.717, 1.165) is 12.5 Å². The molecule has 2 aliphatic rings. The Morgan fingerprint density at radius 3 is 2.65 bits per heavy atom. The Kier molecular flexibility index (Phi) is 6.31. The van der Waals surface area contributed by atoms with E-state index in [-0.39, 0.29) is 0 Å². The molecule has 118 valence electrons. The van der Waals surface area contributed by atoms with Crippen molar-refractivity contribution in [2.45, 2.75) is 64.3 Å². The van der Waals surface area contributed by atoms with Crippen LogP contribution < -0.4 is 5.73 Å². The molecule has 2 saturated heterocycles. The van der Waals surface area contributed by atoms with Crippen LogP contribution >= 0.6 is 0 Å². The van der Waals surface area contributed by atoms with E-state index in [1.54, 1.807) is 0 Å². The van der Waals surface area contributed by atoms with Gasteiger partial charge in [-0.25, -0.2) is 0 Å². The lowest BCUT2D eigenvalue weighted by Crippen LogP contribution is -2.57. The molecule has 3 heteroatoms. The lowest BCUT2D eigenvalue weighted by Gasteiger charge is -2.47. The zero-order valence-electron chi connectivity index (χ0n) is 13.7. The second-order valence-corrected chi connectivity index (χ2v) is 6.99. The quantitative estimate of drug-likeness (QED) is 0.841. The summed E-state index contributed by atoms with van der Waals surface area (Å²) in [5.41, 5.74) is 6.59. The number of hydrogen-bond acceptors (Lipinski definition) is 3. The largest absolute Gasteiger partial charge is 0.329 e. The Labute approximate surface area is 125 Å². The van der Waals surface area contributed by atoms with E-state index in [1.807, 2.05) is 0 Å². The van der Waals surface area contributed by atoms with Crippen molar-refractivity contribution in [1.82, 2.24) is 9.80 Å². The molecule has 0 saturated carbocycles. The van der Waals surface area contributed by atoms with Crippen LogP contribution in [-0.2, 0) is 0 Å². The van der Waals surface area contributed by atoms with Gasteiger partial charge < -0.3 is 10.6 Å². The molecule has 0 radical (unpaired) electrons. The molecule has 20 heavy (non-hydrogen) atoms. The summed E-state index contributed by atoms with van der Waals surface area (Å²) >= 11 is 0. The minimum Gasteiger partial charge on any atom is -0.329 e. The van der Waals surface area contributed by atoms with Crippen LogP contribution in [0.2, 0.25) is 0 Å². The lowest BCUT2D eigenvalue weighted by molar-refractivity contribution is 0.0351. The second kappa shape index (κ2) is 7.77. The highest BCUT2D eigenvalue weighted by molar-refractivity contribution is 4.96. The first-order valence-corrected chi connectivity index (χ1v) is 8.91. The first-order chi connectivity index (χ1) is 9.74.